The van der Waals surface area contributed by atoms with Crippen molar-refractivity contribution >= 4 is 11.9 Å². The van der Waals surface area contributed by atoms with Gasteiger partial charge in [-0.1, -0.05) is 37.3 Å². The van der Waals surface area contributed by atoms with Gasteiger partial charge in [0.25, 0.3) is 0 Å². The molecule has 0 amide bonds. The van der Waals surface area contributed by atoms with E-state index < -0.39 is 30.0 Å². The fourth-order valence-electron chi connectivity index (χ4n) is 1.74. The van der Waals surface area contributed by atoms with Gasteiger partial charge in [-0.2, -0.15) is 13.2 Å². The third-order valence-corrected chi connectivity index (χ3v) is 2.88. The van der Waals surface area contributed by atoms with Crippen LogP contribution in [0.15, 0.2) is 30.3 Å². The van der Waals surface area contributed by atoms with Crippen molar-refractivity contribution < 1.29 is 27.5 Å². The summed E-state index contributed by atoms with van der Waals surface area (Å²) in [4.78, 5) is 22.2. The highest BCUT2D eigenvalue weighted by Gasteiger charge is 2.43. The second kappa shape index (κ2) is 6.51. The molecule has 2 atom stereocenters. The van der Waals surface area contributed by atoms with Crippen LogP contribution in [0.25, 0.3) is 0 Å². The number of carbonyl (C=O) groups excluding carboxylic acids is 2. The summed E-state index contributed by atoms with van der Waals surface area (Å²) >= 11 is 0. The average molecular weight is 289 g/mol. The van der Waals surface area contributed by atoms with E-state index in [0.29, 0.717) is 5.56 Å². The maximum Gasteiger partial charge on any atom is 0.491 e. The minimum absolute atomic E-state index is 0.0422. The Bertz CT molecular complexity index is 473. The third kappa shape index (κ3) is 4.06. The standard InChI is InChI=1S/C13H14F3NO3/c1-8(11(18)20-12(19)13(14,15)16)10(7-17)9-5-3-2-4-6-9/h2-6,8,10H,7,17H2,1H3/t8-,10+/m0/s1. The summed E-state index contributed by atoms with van der Waals surface area (Å²) in [5, 5.41) is 0. The molecule has 1 aromatic rings. The van der Waals surface area contributed by atoms with E-state index in [4.69, 9.17) is 5.73 Å². The van der Waals surface area contributed by atoms with Crippen molar-refractivity contribution in [2.24, 2.45) is 11.7 Å². The molecule has 0 unspecified atom stereocenters. The first-order chi connectivity index (χ1) is 9.27. The highest BCUT2D eigenvalue weighted by atomic mass is 19.4. The summed E-state index contributed by atoms with van der Waals surface area (Å²) in [5.74, 6) is -5.25. The van der Waals surface area contributed by atoms with Gasteiger partial charge in [0.1, 0.15) is 0 Å². The second-order valence-corrected chi connectivity index (χ2v) is 4.25. The number of esters is 2. The summed E-state index contributed by atoms with van der Waals surface area (Å²) in [7, 11) is 0. The second-order valence-electron chi connectivity index (χ2n) is 4.25. The molecule has 0 heterocycles. The molecule has 1 aromatic carbocycles. The molecule has 4 nitrogen and oxygen atoms in total. The lowest BCUT2D eigenvalue weighted by atomic mass is 9.87. The number of hydrogen-bond acceptors (Lipinski definition) is 4. The van der Waals surface area contributed by atoms with Crippen molar-refractivity contribution in [1.82, 2.24) is 0 Å². The van der Waals surface area contributed by atoms with Crippen LogP contribution in [0.3, 0.4) is 0 Å². The van der Waals surface area contributed by atoms with Crippen LogP contribution in [-0.4, -0.2) is 24.7 Å². The number of carbonyl (C=O) groups is 2. The molecule has 0 bridgehead atoms. The Kier molecular flexibility index (Phi) is 5.26. The average Bonchev–Trinajstić information content (AvgIpc) is 2.39. The van der Waals surface area contributed by atoms with Gasteiger partial charge in [0, 0.05) is 12.5 Å². The first-order valence-corrected chi connectivity index (χ1v) is 5.85. The smallest absolute Gasteiger partial charge is 0.386 e. The number of halogens is 3. The van der Waals surface area contributed by atoms with Gasteiger partial charge in [-0.3, -0.25) is 4.79 Å². The van der Waals surface area contributed by atoms with Gasteiger partial charge in [0.15, 0.2) is 0 Å². The van der Waals surface area contributed by atoms with Gasteiger partial charge in [0.05, 0.1) is 5.92 Å². The Balaban J connectivity index is 2.80. The Hall–Kier alpha value is -1.89. The molecule has 0 spiro atoms. The summed E-state index contributed by atoms with van der Waals surface area (Å²) < 4.78 is 39.9. The lowest BCUT2D eigenvalue weighted by Gasteiger charge is -2.21. The first kappa shape index (κ1) is 16.2. The zero-order valence-electron chi connectivity index (χ0n) is 10.7. The number of ether oxygens (including phenoxy) is 1. The molecule has 0 fully saturated rings. The van der Waals surface area contributed by atoms with Crippen molar-refractivity contribution in [1.29, 1.82) is 0 Å². The van der Waals surface area contributed by atoms with Crippen LogP contribution in [0, 0.1) is 5.92 Å². The number of benzene rings is 1. The molecular formula is C13H14F3NO3. The quantitative estimate of drug-likeness (QED) is 0.680. The number of nitrogens with two attached hydrogens (primary N) is 1. The zero-order valence-corrected chi connectivity index (χ0v) is 10.7. The molecule has 0 radical (unpaired) electrons. The van der Waals surface area contributed by atoms with Gasteiger partial charge in [-0.15, -0.1) is 0 Å². The van der Waals surface area contributed by atoms with E-state index in [0.717, 1.165) is 0 Å². The van der Waals surface area contributed by atoms with Crippen LogP contribution >= 0.6 is 0 Å². The largest absolute Gasteiger partial charge is 0.491 e. The van der Waals surface area contributed by atoms with Crippen molar-refractivity contribution in [3.63, 3.8) is 0 Å². The van der Waals surface area contributed by atoms with E-state index in [2.05, 4.69) is 4.74 Å². The van der Waals surface area contributed by atoms with Gasteiger partial charge in [-0.25, -0.2) is 4.79 Å². The predicted molar refractivity (Wildman–Crippen MR) is 64.6 cm³/mol. The maximum absolute atomic E-state index is 12.0. The SMILES string of the molecule is C[C@H](C(=O)OC(=O)C(F)(F)F)[C@@H](CN)c1ccccc1. The number of alkyl halides is 3. The number of rotatable bonds is 4. The molecular weight excluding hydrogens is 275 g/mol. The van der Waals surface area contributed by atoms with Crippen LogP contribution in [0.4, 0.5) is 13.2 Å². The fourth-order valence-corrected chi connectivity index (χ4v) is 1.74. The molecule has 0 aliphatic carbocycles. The van der Waals surface area contributed by atoms with Crippen molar-refractivity contribution in [3.8, 4) is 0 Å². The van der Waals surface area contributed by atoms with Crippen molar-refractivity contribution in [2.45, 2.75) is 19.0 Å². The Morgan fingerprint density at radius 3 is 2.25 bits per heavy atom. The summed E-state index contributed by atoms with van der Waals surface area (Å²) in [6.07, 6.45) is -5.19. The Labute approximate surface area is 113 Å². The topological polar surface area (TPSA) is 69.4 Å². The normalized spacial score (nSPS) is 14.4. The van der Waals surface area contributed by atoms with Crippen molar-refractivity contribution in [2.75, 3.05) is 6.54 Å². The van der Waals surface area contributed by atoms with Gasteiger partial charge in [0.2, 0.25) is 0 Å². The molecule has 7 heteroatoms. The van der Waals surface area contributed by atoms with E-state index in [1.54, 1.807) is 30.3 Å². The lowest BCUT2D eigenvalue weighted by Crippen LogP contribution is -2.33. The molecule has 0 aliphatic heterocycles. The molecule has 0 saturated heterocycles. The van der Waals surface area contributed by atoms with Crippen LogP contribution in [0.2, 0.25) is 0 Å². The Morgan fingerprint density at radius 1 is 1.25 bits per heavy atom. The molecule has 0 aromatic heterocycles. The highest BCUT2D eigenvalue weighted by molar-refractivity contribution is 5.89. The minimum Gasteiger partial charge on any atom is -0.386 e. The summed E-state index contributed by atoms with van der Waals surface area (Å²) in [6.45, 7) is 1.41. The number of hydrogen-bond donors (Lipinski definition) is 1. The van der Waals surface area contributed by atoms with Gasteiger partial charge < -0.3 is 10.5 Å². The molecule has 1 rings (SSSR count). The van der Waals surface area contributed by atoms with Crippen LogP contribution in [0.1, 0.15) is 18.4 Å². The van der Waals surface area contributed by atoms with Crippen LogP contribution < -0.4 is 5.73 Å². The lowest BCUT2D eigenvalue weighted by molar-refractivity contribution is -0.203. The first-order valence-electron chi connectivity index (χ1n) is 5.85. The molecule has 20 heavy (non-hydrogen) atoms. The van der Waals surface area contributed by atoms with E-state index in [1.807, 2.05) is 0 Å². The highest BCUT2D eigenvalue weighted by Crippen LogP contribution is 2.25. The minimum atomic E-state index is -5.19. The van der Waals surface area contributed by atoms with E-state index in [1.165, 1.54) is 6.92 Å². The summed E-state index contributed by atoms with van der Waals surface area (Å²) in [6, 6.07) is 8.60. The van der Waals surface area contributed by atoms with Gasteiger partial charge >= 0.3 is 18.1 Å². The zero-order chi connectivity index (χ0) is 15.3. The van der Waals surface area contributed by atoms with E-state index >= 15 is 0 Å². The monoisotopic (exact) mass is 289 g/mol. The molecule has 110 valence electrons. The third-order valence-electron chi connectivity index (χ3n) is 2.88. The van der Waals surface area contributed by atoms with Crippen LogP contribution in [0.5, 0.6) is 0 Å². The fraction of sp³-hybridized carbons (Fsp3) is 0.385. The van der Waals surface area contributed by atoms with Gasteiger partial charge in [-0.05, 0) is 5.56 Å². The van der Waals surface area contributed by atoms with E-state index in [9.17, 15) is 22.8 Å². The Morgan fingerprint density at radius 2 is 1.80 bits per heavy atom. The predicted octanol–water partition coefficient (Wildman–Crippen LogP) is 2.00. The molecule has 2 N–H and O–H groups in total. The summed E-state index contributed by atoms with van der Waals surface area (Å²) in [5.41, 5.74) is 6.24. The maximum atomic E-state index is 12.0. The van der Waals surface area contributed by atoms with E-state index in [-0.39, 0.29) is 6.54 Å². The molecule has 0 aliphatic rings. The molecule has 0 saturated carbocycles. The van der Waals surface area contributed by atoms with Crippen molar-refractivity contribution in [3.05, 3.63) is 35.9 Å². The van der Waals surface area contributed by atoms with Crippen LogP contribution in [-0.2, 0) is 14.3 Å².